The van der Waals surface area contributed by atoms with E-state index in [2.05, 4.69) is 5.32 Å². The number of fused-ring (bicyclic) bond motifs is 1. The quantitative estimate of drug-likeness (QED) is 0.611. The van der Waals surface area contributed by atoms with E-state index in [1.54, 1.807) is 29.0 Å². The van der Waals surface area contributed by atoms with Gasteiger partial charge in [0, 0.05) is 18.8 Å². The Kier molecular flexibility index (Phi) is 3.76. The normalized spacial score (nSPS) is 10.6. The van der Waals surface area contributed by atoms with Crippen LogP contribution in [0.4, 0.5) is 5.69 Å². The zero-order valence-corrected chi connectivity index (χ0v) is 10.1. The maximum atomic E-state index is 11.6. The number of aliphatic hydroxyl groups is 1. The van der Waals surface area contributed by atoms with Gasteiger partial charge >= 0.3 is 0 Å². The highest BCUT2D eigenvalue weighted by Gasteiger charge is 2.14. The molecule has 0 aliphatic heterocycles. The Morgan fingerprint density at radius 3 is 2.89 bits per heavy atom. The van der Waals surface area contributed by atoms with E-state index in [9.17, 15) is 14.9 Å². The van der Waals surface area contributed by atoms with Gasteiger partial charge in [-0.15, -0.1) is 0 Å². The van der Waals surface area contributed by atoms with Gasteiger partial charge in [-0.25, -0.2) is 0 Å². The van der Waals surface area contributed by atoms with E-state index in [-0.39, 0.29) is 31.3 Å². The van der Waals surface area contributed by atoms with E-state index in [0.717, 1.165) is 0 Å². The molecule has 1 amide bonds. The molecule has 1 aromatic heterocycles. The molecule has 100 valence electrons. The van der Waals surface area contributed by atoms with Crippen molar-refractivity contribution in [1.29, 1.82) is 0 Å². The lowest BCUT2D eigenvalue weighted by atomic mass is 10.2. The van der Waals surface area contributed by atoms with Crippen LogP contribution in [0.3, 0.4) is 0 Å². The number of carbonyl (C=O) groups excluding carboxylic acids is 1. The number of benzene rings is 1. The molecule has 2 aromatic rings. The number of nitro groups is 1. The van der Waals surface area contributed by atoms with Gasteiger partial charge < -0.3 is 15.0 Å². The summed E-state index contributed by atoms with van der Waals surface area (Å²) >= 11 is 0. The summed E-state index contributed by atoms with van der Waals surface area (Å²) in [6, 6.07) is 6.36. The first kappa shape index (κ1) is 13.0. The number of rotatable bonds is 5. The lowest BCUT2D eigenvalue weighted by Crippen LogP contribution is -2.29. The fraction of sp³-hybridized carbons (Fsp3) is 0.250. The van der Waals surface area contributed by atoms with Gasteiger partial charge in [0.05, 0.1) is 22.4 Å². The third-order valence-electron chi connectivity index (χ3n) is 2.74. The molecule has 0 radical (unpaired) electrons. The number of nitrogens with zero attached hydrogens (tertiary/aromatic N) is 2. The molecular formula is C12H13N3O4. The Morgan fingerprint density at radius 1 is 1.42 bits per heavy atom. The first-order chi connectivity index (χ1) is 9.13. The Balaban J connectivity index is 2.28. The van der Waals surface area contributed by atoms with Crippen molar-refractivity contribution >= 4 is 22.5 Å². The molecule has 1 heterocycles. The van der Waals surface area contributed by atoms with Crippen LogP contribution in [0.1, 0.15) is 0 Å². The van der Waals surface area contributed by atoms with Crippen LogP contribution in [0.2, 0.25) is 0 Å². The maximum absolute atomic E-state index is 11.6. The van der Waals surface area contributed by atoms with E-state index < -0.39 is 4.92 Å². The summed E-state index contributed by atoms with van der Waals surface area (Å²) in [5.41, 5.74) is 0.653. The number of non-ortho nitro benzene ring substituents is 1. The number of hydrogen-bond acceptors (Lipinski definition) is 4. The lowest BCUT2D eigenvalue weighted by Gasteiger charge is -2.06. The van der Waals surface area contributed by atoms with Crippen molar-refractivity contribution in [3.63, 3.8) is 0 Å². The molecule has 0 spiro atoms. The predicted molar refractivity (Wildman–Crippen MR) is 68.7 cm³/mol. The molecule has 0 bridgehead atoms. The van der Waals surface area contributed by atoms with Gasteiger partial charge in [-0.1, -0.05) is 6.07 Å². The van der Waals surface area contributed by atoms with E-state index >= 15 is 0 Å². The van der Waals surface area contributed by atoms with Gasteiger partial charge in [0.25, 0.3) is 5.69 Å². The van der Waals surface area contributed by atoms with Crippen molar-refractivity contribution in [3.8, 4) is 0 Å². The van der Waals surface area contributed by atoms with E-state index in [0.29, 0.717) is 10.9 Å². The third-order valence-corrected chi connectivity index (χ3v) is 2.74. The zero-order chi connectivity index (χ0) is 13.8. The van der Waals surface area contributed by atoms with Gasteiger partial charge in [-0.3, -0.25) is 14.9 Å². The topological polar surface area (TPSA) is 97.4 Å². The van der Waals surface area contributed by atoms with Crippen LogP contribution >= 0.6 is 0 Å². The molecule has 0 fully saturated rings. The molecule has 7 nitrogen and oxygen atoms in total. The first-order valence-corrected chi connectivity index (χ1v) is 5.73. The Morgan fingerprint density at radius 2 is 2.21 bits per heavy atom. The molecule has 0 atom stereocenters. The second-order valence-electron chi connectivity index (χ2n) is 3.98. The van der Waals surface area contributed by atoms with Crippen LogP contribution in [0.25, 0.3) is 10.9 Å². The molecule has 0 aliphatic rings. The summed E-state index contributed by atoms with van der Waals surface area (Å²) in [4.78, 5) is 22.0. The second-order valence-corrected chi connectivity index (χ2v) is 3.98. The fourth-order valence-electron chi connectivity index (χ4n) is 1.91. The standard InChI is InChI=1S/C12H13N3O4/c16-7-5-13-12(17)8-14-6-4-9-10(14)2-1-3-11(9)15(18)19/h1-4,6,16H,5,7-8H2,(H,13,17). The average molecular weight is 263 g/mol. The summed E-state index contributed by atoms with van der Waals surface area (Å²) in [5.74, 6) is -0.252. The molecule has 1 aromatic carbocycles. The molecular weight excluding hydrogens is 250 g/mol. The van der Waals surface area contributed by atoms with Gasteiger partial charge in [0.2, 0.25) is 5.91 Å². The number of hydrogen-bond donors (Lipinski definition) is 2. The molecule has 0 unspecified atom stereocenters. The van der Waals surface area contributed by atoms with Crippen molar-refractivity contribution in [2.75, 3.05) is 13.2 Å². The highest BCUT2D eigenvalue weighted by atomic mass is 16.6. The average Bonchev–Trinajstić information content (AvgIpc) is 2.79. The lowest BCUT2D eigenvalue weighted by molar-refractivity contribution is -0.383. The molecule has 0 aliphatic carbocycles. The van der Waals surface area contributed by atoms with Crippen LogP contribution in [0.5, 0.6) is 0 Å². The molecule has 0 saturated heterocycles. The molecule has 0 saturated carbocycles. The third kappa shape index (κ3) is 2.71. The monoisotopic (exact) mass is 263 g/mol. The molecule has 19 heavy (non-hydrogen) atoms. The van der Waals surface area contributed by atoms with Crippen LogP contribution in [-0.4, -0.2) is 33.7 Å². The number of aliphatic hydroxyl groups excluding tert-OH is 1. The van der Waals surface area contributed by atoms with Gasteiger partial charge in [0.15, 0.2) is 0 Å². The number of amides is 1. The summed E-state index contributed by atoms with van der Waals surface area (Å²) in [7, 11) is 0. The van der Waals surface area contributed by atoms with Crippen LogP contribution < -0.4 is 5.32 Å². The van der Waals surface area contributed by atoms with Gasteiger partial charge in [-0.2, -0.15) is 0 Å². The number of nitrogens with one attached hydrogen (secondary N) is 1. The minimum Gasteiger partial charge on any atom is -0.395 e. The largest absolute Gasteiger partial charge is 0.395 e. The van der Waals surface area contributed by atoms with Crippen LogP contribution in [-0.2, 0) is 11.3 Å². The van der Waals surface area contributed by atoms with Gasteiger partial charge in [0.1, 0.15) is 6.54 Å². The summed E-state index contributed by atoms with van der Waals surface area (Å²) in [6.45, 7) is 0.131. The Hall–Kier alpha value is -2.41. The minimum atomic E-state index is -0.446. The Bertz CT molecular complexity index is 620. The van der Waals surface area contributed by atoms with E-state index in [1.165, 1.54) is 6.07 Å². The maximum Gasteiger partial charge on any atom is 0.278 e. The van der Waals surface area contributed by atoms with Crippen molar-refractivity contribution < 1.29 is 14.8 Å². The summed E-state index contributed by atoms with van der Waals surface area (Å²) in [5, 5.41) is 22.5. The summed E-state index contributed by atoms with van der Waals surface area (Å²) in [6.07, 6.45) is 1.64. The predicted octanol–water partition coefficient (Wildman–Crippen LogP) is 0.658. The van der Waals surface area contributed by atoms with Crippen molar-refractivity contribution in [1.82, 2.24) is 9.88 Å². The van der Waals surface area contributed by atoms with E-state index in [4.69, 9.17) is 5.11 Å². The van der Waals surface area contributed by atoms with E-state index in [1.807, 2.05) is 0 Å². The second kappa shape index (κ2) is 5.49. The number of carbonyl (C=O) groups is 1. The summed E-state index contributed by atoms with van der Waals surface area (Å²) < 4.78 is 1.63. The smallest absolute Gasteiger partial charge is 0.278 e. The molecule has 2 N–H and O–H groups in total. The first-order valence-electron chi connectivity index (χ1n) is 5.73. The van der Waals surface area contributed by atoms with Crippen LogP contribution in [0.15, 0.2) is 30.5 Å². The molecule has 7 heteroatoms. The highest BCUT2D eigenvalue weighted by molar-refractivity contribution is 5.90. The molecule has 2 rings (SSSR count). The Labute approximate surface area is 108 Å². The minimum absolute atomic E-state index is 0.0204. The van der Waals surface area contributed by atoms with Crippen LogP contribution in [0, 0.1) is 10.1 Å². The van der Waals surface area contributed by atoms with Crippen molar-refractivity contribution in [3.05, 3.63) is 40.6 Å². The zero-order valence-electron chi connectivity index (χ0n) is 10.1. The van der Waals surface area contributed by atoms with Crippen molar-refractivity contribution in [2.24, 2.45) is 0 Å². The van der Waals surface area contributed by atoms with Gasteiger partial charge in [-0.05, 0) is 12.1 Å². The highest BCUT2D eigenvalue weighted by Crippen LogP contribution is 2.26. The SMILES string of the molecule is O=C(Cn1ccc2c([N+](=O)[O-])cccc21)NCCO. The number of nitro benzene ring substituents is 1. The number of aromatic nitrogens is 1. The fourth-order valence-corrected chi connectivity index (χ4v) is 1.91. The van der Waals surface area contributed by atoms with Crippen molar-refractivity contribution in [2.45, 2.75) is 6.54 Å².